The molecule has 96 valence electrons. The first-order valence-electron chi connectivity index (χ1n) is 6.31. The number of aromatic nitrogens is 3. The van der Waals surface area contributed by atoms with Crippen LogP contribution in [0.4, 0.5) is 0 Å². The molecule has 1 N–H and O–H groups in total. The molecule has 1 aromatic carbocycles. The molecule has 2 rings (SSSR count). The molecule has 1 aromatic heterocycles. The maximum Gasteiger partial charge on any atom is 0.141 e. The fourth-order valence-electron chi connectivity index (χ4n) is 1.97. The Bertz CT molecular complexity index is 502. The van der Waals surface area contributed by atoms with Crippen molar-refractivity contribution in [3.05, 3.63) is 47.5 Å². The Hall–Kier alpha value is -1.68. The molecule has 0 aliphatic carbocycles. The number of benzene rings is 1. The lowest BCUT2D eigenvalue weighted by Crippen LogP contribution is -2.18. The molecule has 4 nitrogen and oxygen atoms in total. The lowest BCUT2D eigenvalue weighted by molar-refractivity contribution is 0.490. The molecule has 0 amide bonds. The molecule has 4 heteroatoms. The molecule has 18 heavy (non-hydrogen) atoms. The molecule has 1 heterocycles. The average molecular weight is 244 g/mol. The van der Waals surface area contributed by atoms with E-state index in [0.717, 1.165) is 18.9 Å². The minimum Gasteiger partial charge on any atom is -0.306 e. The number of hydrogen-bond acceptors (Lipinski definition) is 3. The van der Waals surface area contributed by atoms with Crippen molar-refractivity contribution in [1.29, 1.82) is 0 Å². The van der Waals surface area contributed by atoms with Gasteiger partial charge in [-0.3, -0.25) is 0 Å². The predicted molar refractivity (Wildman–Crippen MR) is 72.1 cm³/mol. The maximum atomic E-state index is 4.28. The van der Waals surface area contributed by atoms with Crippen molar-refractivity contribution in [3.8, 4) is 0 Å². The number of rotatable bonds is 5. The van der Waals surface area contributed by atoms with Crippen LogP contribution >= 0.6 is 0 Å². The first-order valence-corrected chi connectivity index (χ1v) is 6.31. The van der Waals surface area contributed by atoms with Crippen LogP contribution in [-0.4, -0.2) is 14.8 Å². The highest BCUT2D eigenvalue weighted by atomic mass is 15.3. The highest BCUT2D eigenvalue weighted by molar-refractivity contribution is 5.21. The molecule has 0 saturated heterocycles. The summed E-state index contributed by atoms with van der Waals surface area (Å²) >= 11 is 0. The lowest BCUT2D eigenvalue weighted by atomic mass is 10.1. The van der Waals surface area contributed by atoms with Crippen LogP contribution < -0.4 is 5.32 Å². The monoisotopic (exact) mass is 244 g/mol. The van der Waals surface area contributed by atoms with E-state index in [4.69, 9.17) is 0 Å². The quantitative estimate of drug-likeness (QED) is 0.878. The minimum absolute atomic E-state index is 0.350. The molecule has 0 fully saturated rings. The molecule has 0 spiro atoms. The molecule has 2 aromatic rings. The third-order valence-corrected chi connectivity index (χ3v) is 2.83. The molecule has 0 saturated carbocycles. The molecule has 0 aliphatic rings. The smallest absolute Gasteiger partial charge is 0.141 e. The summed E-state index contributed by atoms with van der Waals surface area (Å²) in [7, 11) is 0. The van der Waals surface area contributed by atoms with Crippen LogP contribution in [-0.2, 0) is 13.1 Å². The molecule has 0 bridgehead atoms. The van der Waals surface area contributed by atoms with E-state index in [0.29, 0.717) is 6.04 Å². The second-order valence-electron chi connectivity index (χ2n) is 4.81. The Morgan fingerprint density at radius 3 is 2.83 bits per heavy atom. The van der Waals surface area contributed by atoms with Crippen LogP contribution in [0.5, 0.6) is 0 Å². The minimum atomic E-state index is 0.350. The summed E-state index contributed by atoms with van der Waals surface area (Å²) in [5, 5.41) is 7.62. The fourth-order valence-corrected chi connectivity index (χ4v) is 1.97. The Balaban J connectivity index is 1.90. The third-order valence-electron chi connectivity index (χ3n) is 2.83. The topological polar surface area (TPSA) is 42.7 Å². The molecule has 0 unspecified atom stereocenters. The predicted octanol–water partition coefficient (Wildman–Crippen LogP) is 2.46. The number of hydrogen-bond donors (Lipinski definition) is 1. The van der Waals surface area contributed by atoms with Gasteiger partial charge in [-0.25, -0.2) is 9.67 Å². The Labute approximate surface area is 108 Å². The summed E-state index contributed by atoms with van der Waals surface area (Å²) in [5.74, 6) is 0.984. The van der Waals surface area contributed by atoms with E-state index in [9.17, 15) is 0 Å². The van der Waals surface area contributed by atoms with E-state index in [1.54, 1.807) is 6.33 Å². The standard InChI is InChI=1S/C14H20N4/c1-11(2)18-14(16-10-17-18)9-15-8-13-6-4-5-12(3)7-13/h4-7,10-11,15H,8-9H2,1-3H3. The van der Waals surface area contributed by atoms with Gasteiger partial charge < -0.3 is 5.32 Å². The normalized spacial score (nSPS) is 11.1. The number of nitrogens with one attached hydrogen (secondary N) is 1. The van der Waals surface area contributed by atoms with E-state index in [1.807, 2.05) is 4.68 Å². The van der Waals surface area contributed by atoms with E-state index in [-0.39, 0.29) is 0 Å². The van der Waals surface area contributed by atoms with Gasteiger partial charge in [0.1, 0.15) is 12.2 Å². The van der Waals surface area contributed by atoms with Gasteiger partial charge in [0.15, 0.2) is 0 Å². The molecule has 0 aliphatic heterocycles. The van der Waals surface area contributed by atoms with Gasteiger partial charge in [-0.2, -0.15) is 5.10 Å². The van der Waals surface area contributed by atoms with Gasteiger partial charge in [0, 0.05) is 12.6 Å². The molecular formula is C14H20N4. The zero-order valence-electron chi connectivity index (χ0n) is 11.2. The van der Waals surface area contributed by atoms with Crippen LogP contribution in [0.1, 0.15) is 36.8 Å². The maximum absolute atomic E-state index is 4.28. The summed E-state index contributed by atoms with van der Waals surface area (Å²) < 4.78 is 1.95. The highest BCUT2D eigenvalue weighted by Gasteiger charge is 2.06. The Morgan fingerprint density at radius 2 is 2.11 bits per heavy atom. The van der Waals surface area contributed by atoms with Gasteiger partial charge in [0.05, 0.1) is 6.54 Å². The Kier molecular flexibility index (Phi) is 4.10. The summed E-state index contributed by atoms with van der Waals surface area (Å²) in [5.41, 5.74) is 2.59. The first kappa shape index (κ1) is 12.8. The van der Waals surface area contributed by atoms with Crippen LogP contribution in [0.2, 0.25) is 0 Å². The second kappa shape index (κ2) is 5.78. The van der Waals surface area contributed by atoms with E-state index >= 15 is 0 Å². The van der Waals surface area contributed by atoms with Gasteiger partial charge in [0.25, 0.3) is 0 Å². The van der Waals surface area contributed by atoms with E-state index < -0.39 is 0 Å². The van der Waals surface area contributed by atoms with Gasteiger partial charge in [0.2, 0.25) is 0 Å². The summed E-state index contributed by atoms with van der Waals surface area (Å²) in [6, 6.07) is 8.87. The van der Waals surface area contributed by atoms with E-state index in [1.165, 1.54) is 11.1 Å². The Morgan fingerprint density at radius 1 is 1.28 bits per heavy atom. The van der Waals surface area contributed by atoms with Crippen molar-refractivity contribution in [1.82, 2.24) is 20.1 Å². The lowest BCUT2D eigenvalue weighted by Gasteiger charge is -2.10. The van der Waals surface area contributed by atoms with Gasteiger partial charge in [-0.1, -0.05) is 29.8 Å². The largest absolute Gasteiger partial charge is 0.306 e. The summed E-state index contributed by atoms with van der Waals surface area (Å²) in [6.07, 6.45) is 1.61. The van der Waals surface area contributed by atoms with Crippen LogP contribution in [0.25, 0.3) is 0 Å². The number of nitrogens with zero attached hydrogens (tertiary/aromatic N) is 3. The van der Waals surface area contributed by atoms with Crippen molar-refractivity contribution in [2.24, 2.45) is 0 Å². The van der Waals surface area contributed by atoms with Gasteiger partial charge >= 0.3 is 0 Å². The molecular weight excluding hydrogens is 224 g/mol. The second-order valence-corrected chi connectivity index (χ2v) is 4.81. The van der Waals surface area contributed by atoms with Gasteiger partial charge in [-0.15, -0.1) is 0 Å². The SMILES string of the molecule is Cc1cccc(CNCc2ncnn2C(C)C)c1. The zero-order chi connectivity index (χ0) is 13.0. The average Bonchev–Trinajstić information content (AvgIpc) is 2.77. The van der Waals surface area contributed by atoms with Crippen molar-refractivity contribution >= 4 is 0 Å². The van der Waals surface area contributed by atoms with Crippen molar-refractivity contribution in [2.45, 2.75) is 39.9 Å². The van der Waals surface area contributed by atoms with Crippen molar-refractivity contribution in [2.75, 3.05) is 0 Å². The highest BCUT2D eigenvalue weighted by Crippen LogP contribution is 2.06. The van der Waals surface area contributed by atoms with Crippen molar-refractivity contribution in [3.63, 3.8) is 0 Å². The fraction of sp³-hybridized carbons (Fsp3) is 0.429. The van der Waals surface area contributed by atoms with Crippen LogP contribution in [0.3, 0.4) is 0 Å². The summed E-state index contributed by atoms with van der Waals surface area (Å²) in [4.78, 5) is 4.28. The summed E-state index contributed by atoms with van der Waals surface area (Å²) in [6.45, 7) is 7.93. The van der Waals surface area contributed by atoms with Crippen molar-refractivity contribution < 1.29 is 0 Å². The first-order chi connectivity index (χ1) is 8.66. The third kappa shape index (κ3) is 3.17. The van der Waals surface area contributed by atoms with Crippen LogP contribution in [0, 0.1) is 6.92 Å². The molecule has 0 radical (unpaired) electrons. The van der Waals surface area contributed by atoms with Gasteiger partial charge in [-0.05, 0) is 26.3 Å². The number of aryl methyl sites for hydroxylation is 1. The molecule has 0 atom stereocenters. The van der Waals surface area contributed by atoms with Crippen LogP contribution in [0.15, 0.2) is 30.6 Å². The zero-order valence-corrected chi connectivity index (χ0v) is 11.2. The van der Waals surface area contributed by atoms with E-state index in [2.05, 4.69) is 60.4 Å².